The van der Waals surface area contributed by atoms with Crippen LogP contribution in [-0.4, -0.2) is 68.7 Å². The summed E-state index contributed by atoms with van der Waals surface area (Å²) in [6, 6.07) is 14.3. The van der Waals surface area contributed by atoms with E-state index in [4.69, 9.17) is 40.6 Å². The highest BCUT2D eigenvalue weighted by Gasteiger charge is 2.25. The molecule has 0 radical (unpaired) electrons. The minimum atomic E-state index is -4.46. The number of methoxy groups -OCH3 is 1. The molecule has 0 spiro atoms. The molecule has 0 heterocycles. The highest BCUT2D eigenvalue weighted by Crippen LogP contribution is 2.40. The molecule has 186 valence electrons. The first-order chi connectivity index (χ1) is 15.8. The lowest BCUT2D eigenvalue weighted by molar-refractivity contribution is 0.279. The first-order valence-corrected chi connectivity index (χ1v) is 15.6. The first kappa shape index (κ1) is 28.5. The number of ether oxygens (including phenoxy) is 1. The van der Waals surface area contributed by atoms with Crippen LogP contribution in [0, 0.1) is 0 Å². The van der Waals surface area contributed by atoms with Crippen LogP contribution in [0.4, 0.5) is 0 Å². The van der Waals surface area contributed by atoms with Crippen LogP contribution < -0.4 is 9.26 Å². The van der Waals surface area contributed by atoms with Crippen LogP contribution in [0.15, 0.2) is 53.6 Å². The number of hydrogen-bond acceptors (Lipinski definition) is 7. The van der Waals surface area contributed by atoms with Crippen LogP contribution in [-0.2, 0) is 27.4 Å². The summed E-state index contributed by atoms with van der Waals surface area (Å²) in [6.45, 7) is 0.0625. The third-order valence-corrected chi connectivity index (χ3v) is 7.73. The van der Waals surface area contributed by atoms with Crippen LogP contribution in [0.5, 0.6) is 11.5 Å². The molecule has 4 N–H and O–H groups in total. The summed E-state index contributed by atoms with van der Waals surface area (Å²) >= 11 is 5.40. The Balaban J connectivity index is 1.91. The lowest BCUT2D eigenvalue weighted by atomic mass is 10.1. The Morgan fingerprint density at radius 2 is 1.50 bits per heavy atom. The molecule has 1 atom stereocenters. The molecule has 1 unspecified atom stereocenters. The van der Waals surface area contributed by atoms with Gasteiger partial charge in [0.25, 0.3) is 0 Å². The summed E-state index contributed by atoms with van der Waals surface area (Å²) in [4.78, 5) is 37.6. The molecule has 2 aromatic rings. The Bertz CT molecular complexity index is 1050. The SMILES string of the molecule is COc1ccc(/C=N/N(C)[P+](=S)Oc2ccc(CCN(CP(=O)(O)O)CP(=O)(O)O)cc2)cc1. The Hall–Kier alpha value is -1.71. The second kappa shape index (κ2) is 12.8. The molecule has 0 aromatic heterocycles. The van der Waals surface area contributed by atoms with Gasteiger partial charge >= 0.3 is 22.3 Å². The highest BCUT2D eigenvalue weighted by atomic mass is 32.4. The van der Waals surface area contributed by atoms with Gasteiger partial charge in [0.1, 0.15) is 18.3 Å². The molecule has 0 fully saturated rings. The highest BCUT2D eigenvalue weighted by molar-refractivity contribution is 8.02. The van der Waals surface area contributed by atoms with Gasteiger partial charge in [-0.2, -0.15) is 0 Å². The van der Waals surface area contributed by atoms with E-state index >= 15 is 0 Å². The molecule has 0 saturated carbocycles. The molecule has 15 heteroatoms. The van der Waals surface area contributed by atoms with Gasteiger partial charge in [0.05, 0.1) is 20.4 Å². The van der Waals surface area contributed by atoms with Gasteiger partial charge < -0.3 is 24.3 Å². The van der Waals surface area contributed by atoms with Gasteiger partial charge in [-0.1, -0.05) is 16.9 Å². The van der Waals surface area contributed by atoms with Crippen LogP contribution in [0.1, 0.15) is 11.1 Å². The zero-order chi connectivity index (χ0) is 25.4. The summed E-state index contributed by atoms with van der Waals surface area (Å²) in [5, 5.41) is 4.30. The maximum atomic E-state index is 11.3. The molecule has 0 aliphatic heterocycles. The Labute approximate surface area is 203 Å². The van der Waals surface area contributed by atoms with Gasteiger partial charge in [-0.3, -0.25) is 18.6 Å². The van der Waals surface area contributed by atoms with Gasteiger partial charge in [-0.15, -0.1) is 5.10 Å². The fourth-order valence-corrected chi connectivity index (χ4v) is 5.37. The molecule has 11 nitrogen and oxygen atoms in total. The van der Waals surface area contributed by atoms with Gasteiger partial charge in [-0.05, 0) is 53.9 Å². The first-order valence-electron chi connectivity index (χ1n) is 9.82. The molecular formula is C19H27N3O8P3S+. The van der Waals surface area contributed by atoms with Crippen molar-refractivity contribution < 1.29 is 38.0 Å². The van der Waals surface area contributed by atoms with E-state index < -0.39 is 34.8 Å². The third kappa shape index (κ3) is 11.1. The summed E-state index contributed by atoms with van der Waals surface area (Å²) in [5.41, 5.74) is 1.68. The fourth-order valence-electron chi connectivity index (χ4n) is 2.74. The summed E-state index contributed by atoms with van der Waals surface area (Å²) in [7, 11) is -7.08. The number of nitrogens with zero attached hydrogens (tertiary/aromatic N) is 3. The number of rotatable bonds is 13. The van der Waals surface area contributed by atoms with E-state index in [1.54, 1.807) is 49.4 Å². The molecule has 0 amide bonds. The predicted molar refractivity (Wildman–Crippen MR) is 134 cm³/mol. The van der Waals surface area contributed by atoms with Crippen molar-refractivity contribution in [1.82, 2.24) is 9.68 Å². The molecule has 0 aliphatic rings. The minimum Gasteiger partial charge on any atom is -0.497 e. The third-order valence-electron chi connectivity index (χ3n) is 4.32. The molecule has 34 heavy (non-hydrogen) atoms. The number of hydrazone groups is 1. The molecule has 2 rings (SSSR count). The lowest BCUT2D eigenvalue weighted by Crippen LogP contribution is -2.28. The van der Waals surface area contributed by atoms with Crippen molar-refractivity contribution >= 4 is 40.3 Å². The number of benzene rings is 2. The van der Waals surface area contributed by atoms with E-state index in [0.717, 1.165) is 21.8 Å². The van der Waals surface area contributed by atoms with Crippen molar-refractivity contribution in [3.63, 3.8) is 0 Å². The summed E-state index contributed by atoms with van der Waals surface area (Å²) in [5.74, 6) is 1.28. The minimum absolute atomic E-state index is 0.0625. The maximum absolute atomic E-state index is 11.3. The van der Waals surface area contributed by atoms with Crippen LogP contribution in [0.25, 0.3) is 0 Å². The second-order valence-electron chi connectivity index (χ2n) is 7.24. The largest absolute Gasteiger partial charge is 0.540 e. The smallest absolute Gasteiger partial charge is 0.497 e. The van der Waals surface area contributed by atoms with Gasteiger partial charge in [-0.25, -0.2) is 0 Å². The average molecular weight is 550 g/mol. The summed E-state index contributed by atoms with van der Waals surface area (Å²) < 4.78 is 34.9. The van der Waals surface area contributed by atoms with Crippen molar-refractivity contribution in [3.05, 3.63) is 59.7 Å². The van der Waals surface area contributed by atoms with Crippen molar-refractivity contribution in [2.45, 2.75) is 6.42 Å². The molecular weight excluding hydrogens is 523 g/mol. The second-order valence-corrected chi connectivity index (χ2v) is 12.6. The monoisotopic (exact) mass is 550 g/mol. The molecule has 0 saturated heterocycles. The van der Waals surface area contributed by atoms with Gasteiger partial charge in [0.2, 0.25) is 11.8 Å². The molecule has 0 aliphatic carbocycles. The standard InChI is InChI=1S/C19H26N3O8P3S/c1-21(20-13-17-5-7-18(29-2)8-6-17)31(34)30-19-9-3-16(4-10-19)11-12-22(14-32(23,24)25)15-33(26,27)28/h3-10,13H,11-12,14-15H2,1-2H3,(H3-,23,24,25,26,27,28)/p+1/b20-13+. The van der Waals surface area contributed by atoms with E-state index in [2.05, 4.69) is 5.10 Å². The van der Waals surface area contributed by atoms with E-state index in [9.17, 15) is 9.13 Å². The topological polar surface area (TPSA) is 152 Å². The normalized spacial score (nSPS) is 12.7. The van der Waals surface area contributed by atoms with E-state index in [-0.39, 0.29) is 6.54 Å². The van der Waals surface area contributed by atoms with Crippen molar-refractivity contribution in [2.24, 2.45) is 5.10 Å². The lowest BCUT2D eigenvalue weighted by Gasteiger charge is -2.22. The molecule has 2 aromatic carbocycles. The maximum Gasteiger partial charge on any atom is 0.540 e. The van der Waals surface area contributed by atoms with Crippen molar-refractivity contribution in [1.29, 1.82) is 0 Å². The zero-order valence-corrected chi connectivity index (χ0v) is 22.0. The Morgan fingerprint density at radius 1 is 0.971 bits per heavy atom. The van der Waals surface area contributed by atoms with Crippen molar-refractivity contribution in [3.8, 4) is 11.5 Å². The Kier molecular flexibility index (Phi) is 10.8. The molecule has 0 bridgehead atoms. The average Bonchev–Trinajstić information content (AvgIpc) is 2.75. The van der Waals surface area contributed by atoms with Crippen LogP contribution in [0.2, 0.25) is 0 Å². The quantitative estimate of drug-likeness (QED) is 0.165. The zero-order valence-electron chi connectivity index (χ0n) is 18.5. The van der Waals surface area contributed by atoms with Crippen LogP contribution >= 0.6 is 22.3 Å². The van der Waals surface area contributed by atoms with E-state index in [1.807, 2.05) is 24.3 Å². The van der Waals surface area contributed by atoms with Gasteiger partial charge in [0, 0.05) is 6.54 Å². The summed E-state index contributed by atoms with van der Waals surface area (Å²) in [6.07, 6.45) is 0.523. The van der Waals surface area contributed by atoms with E-state index in [0.29, 0.717) is 12.2 Å². The predicted octanol–water partition coefficient (Wildman–Crippen LogP) is 2.93. The van der Waals surface area contributed by atoms with Crippen molar-refractivity contribution in [2.75, 3.05) is 33.3 Å². The number of hydrogen-bond donors (Lipinski definition) is 4. The van der Waals surface area contributed by atoms with Crippen LogP contribution in [0.3, 0.4) is 0 Å². The van der Waals surface area contributed by atoms with E-state index in [1.165, 1.54) is 0 Å². The van der Waals surface area contributed by atoms with Gasteiger partial charge in [0.15, 0.2) is 5.75 Å². The fraction of sp³-hybridized carbons (Fsp3) is 0.316. The Morgan fingerprint density at radius 3 is 2.00 bits per heavy atom.